The van der Waals surface area contributed by atoms with Crippen LogP contribution in [0.5, 0.6) is 0 Å². The Balaban J connectivity index is 1.73. The molecule has 7 heteroatoms. The third kappa shape index (κ3) is 3.37. The third-order valence-corrected chi connectivity index (χ3v) is 5.94. The summed E-state index contributed by atoms with van der Waals surface area (Å²) in [6.07, 6.45) is 4.17. The Morgan fingerprint density at radius 2 is 2.29 bits per heavy atom. The van der Waals surface area contributed by atoms with Gasteiger partial charge in [-0.05, 0) is 46.2 Å². The van der Waals surface area contributed by atoms with Crippen molar-refractivity contribution in [1.29, 1.82) is 0 Å². The molecule has 2 aromatic heterocycles. The number of rotatable bonds is 4. The number of nitrogens with one attached hydrogen (secondary N) is 1. The van der Waals surface area contributed by atoms with Crippen molar-refractivity contribution >= 4 is 17.2 Å². The fourth-order valence-corrected chi connectivity index (χ4v) is 4.20. The number of piperidine rings is 1. The second kappa shape index (κ2) is 7.03. The lowest BCUT2D eigenvalue weighted by Gasteiger charge is -2.24. The maximum atomic E-state index is 12.8. The van der Waals surface area contributed by atoms with Crippen LogP contribution >= 0.6 is 11.3 Å². The van der Waals surface area contributed by atoms with Crippen molar-refractivity contribution in [2.75, 3.05) is 20.1 Å². The van der Waals surface area contributed by atoms with Crippen molar-refractivity contribution < 1.29 is 4.79 Å². The fraction of sp³-hybridized carbons (Fsp3) is 0.588. The Morgan fingerprint density at radius 3 is 2.92 bits per heavy atom. The van der Waals surface area contributed by atoms with Gasteiger partial charge in [-0.2, -0.15) is 5.10 Å². The molecule has 2 unspecified atom stereocenters. The van der Waals surface area contributed by atoms with E-state index in [9.17, 15) is 4.79 Å². The van der Waals surface area contributed by atoms with Gasteiger partial charge in [0.2, 0.25) is 0 Å². The normalized spacial score (nSPS) is 19.2. The third-order valence-electron chi connectivity index (χ3n) is 4.69. The van der Waals surface area contributed by atoms with Gasteiger partial charge in [-0.25, -0.2) is 4.98 Å². The minimum absolute atomic E-state index is 0.00908. The van der Waals surface area contributed by atoms with Crippen LogP contribution in [0.25, 0.3) is 0 Å². The van der Waals surface area contributed by atoms with Crippen molar-refractivity contribution in [3.05, 3.63) is 33.5 Å². The van der Waals surface area contributed by atoms with E-state index in [0.717, 1.165) is 41.5 Å². The van der Waals surface area contributed by atoms with Crippen molar-refractivity contribution in [2.24, 2.45) is 0 Å². The summed E-state index contributed by atoms with van der Waals surface area (Å²) < 4.78 is 1.93. The Kier molecular flexibility index (Phi) is 5.01. The van der Waals surface area contributed by atoms with Crippen LogP contribution in [0, 0.1) is 13.8 Å². The molecule has 0 bridgehead atoms. The van der Waals surface area contributed by atoms with E-state index >= 15 is 0 Å². The topological polar surface area (TPSA) is 63.1 Å². The summed E-state index contributed by atoms with van der Waals surface area (Å²) in [7, 11) is 1.84. The van der Waals surface area contributed by atoms with E-state index in [4.69, 9.17) is 0 Å². The van der Waals surface area contributed by atoms with Gasteiger partial charge in [0.15, 0.2) is 0 Å². The highest BCUT2D eigenvalue weighted by atomic mass is 32.1. The molecule has 0 radical (unpaired) electrons. The van der Waals surface area contributed by atoms with Crippen molar-refractivity contribution in [3.63, 3.8) is 0 Å². The van der Waals surface area contributed by atoms with E-state index in [1.807, 2.05) is 44.8 Å². The van der Waals surface area contributed by atoms with Crippen LogP contribution in [-0.2, 0) is 0 Å². The lowest BCUT2D eigenvalue weighted by molar-refractivity contribution is 0.0737. The van der Waals surface area contributed by atoms with E-state index in [1.54, 1.807) is 16.2 Å². The Labute approximate surface area is 146 Å². The summed E-state index contributed by atoms with van der Waals surface area (Å²) in [4.78, 5) is 20.2. The first kappa shape index (κ1) is 17.1. The number of hydrogen-bond acceptors (Lipinski definition) is 5. The van der Waals surface area contributed by atoms with Gasteiger partial charge in [-0.15, -0.1) is 11.3 Å². The zero-order valence-electron chi connectivity index (χ0n) is 14.7. The zero-order valence-corrected chi connectivity index (χ0v) is 15.6. The number of carbonyl (C=O) groups is 1. The molecule has 3 rings (SSSR count). The molecule has 24 heavy (non-hydrogen) atoms. The van der Waals surface area contributed by atoms with Crippen molar-refractivity contribution in [2.45, 2.75) is 45.7 Å². The molecule has 0 aliphatic carbocycles. The van der Waals surface area contributed by atoms with Crippen LogP contribution < -0.4 is 5.32 Å². The highest BCUT2D eigenvalue weighted by molar-refractivity contribution is 7.11. The minimum atomic E-state index is -0.0459. The molecule has 1 aliphatic rings. The smallest absolute Gasteiger partial charge is 0.274 e. The Hall–Kier alpha value is -1.73. The fourth-order valence-electron chi connectivity index (χ4n) is 3.18. The average Bonchev–Trinajstić information content (AvgIpc) is 3.20. The molecule has 2 atom stereocenters. The van der Waals surface area contributed by atoms with Gasteiger partial charge in [0.1, 0.15) is 5.69 Å². The molecule has 2 aromatic rings. The number of aromatic nitrogens is 3. The van der Waals surface area contributed by atoms with E-state index < -0.39 is 0 Å². The highest BCUT2D eigenvalue weighted by Crippen LogP contribution is 2.29. The van der Waals surface area contributed by atoms with Gasteiger partial charge in [0.25, 0.3) is 5.91 Å². The molecular weight excluding hydrogens is 322 g/mol. The Bertz CT molecular complexity index is 716. The molecule has 0 saturated carbocycles. The quantitative estimate of drug-likeness (QED) is 0.924. The summed E-state index contributed by atoms with van der Waals surface area (Å²) in [5, 5.41) is 8.94. The average molecular weight is 347 g/mol. The first-order valence-electron chi connectivity index (χ1n) is 8.44. The summed E-state index contributed by atoms with van der Waals surface area (Å²) in [5.41, 5.74) is 1.51. The van der Waals surface area contributed by atoms with Crippen LogP contribution in [0.3, 0.4) is 0 Å². The summed E-state index contributed by atoms with van der Waals surface area (Å²) in [6.45, 7) is 8.02. The van der Waals surface area contributed by atoms with Crippen LogP contribution in [0.1, 0.15) is 57.9 Å². The molecule has 1 fully saturated rings. The maximum Gasteiger partial charge on any atom is 0.274 e. The van der Waals surface area contributed by atoms with Crippen LogP contribution in [0.2, 0.25) is 0 Å². The van der Waals surface area contributed by atoms with Gasteiger partial charge in [-0.3, -0.25) is 9.48 Å². The van der Waals surface area contributed by atoms with Gasteiger partial charge < -0.3 is 10.2 Å². The molecular formula is C17H25N5OS. The predicted octanol–water partition coefficient (Wildman–Crippen LogP) is 2.71. The molecule has 1 amide bonds. The maximum absolute atomic E-state index is 12.8. The second-order valence-corrected chi connectivity index (χ2v) is 7.69. The SMILES string of the molecule is Cc1nc(C)c(C(C)N(C)C(=O)c2ccn(C3CCCNC3)n2)s1. The molecule has 1 aliphatic heterocycles. The number of aryl methyl sites for hydroxylation is 2. The predicted molar refractivity (Wildman–Crippen MR) is 95.5 cm³/mol. The number of nitrogens with zero attached hydrogens (tertiary/aromatic N) is 4. The van der Waals surface area contributed by atoms with Crippen molar-refractivity contribution in [3.8, 4) is 0 Å². The van der Waals surface area contributed by atoms with Gasteiger partial charge in [0, 0.05) is 24.7 Å². The first-order chi connectivity index (χ1) is 11.5. The van der Waals surface area contributed by atoms with E-state index in [2.05, 4.69) is 15.4 Å². The summed E-state index contributed by atoms with van der Waals surface area (Å²) in [5.74, 6) is -0.0459. The number of carbonyl (C=O) groups excluding carboxylic acids is 1. The molecule has 0 spiro atoms. The molecule has 6 nitrogen and oxygen atoms in total. The van der Waals surface area contributed by atoms with Crippen LogP contribution in [0.15, 0.2) is 12.3 Å². The highest BCUT2D eigenvalue weighted by Gasteiger charge is 2.25. The van der Waals surface area contributed by atoms with E-state index in [-0.39, 0.29) is 11.9 Å². The lowest BCUT2D eigenvalue weighted by atomic mass is 10.1. The first-order valence-corrected chi connectivity index (χ1v) is 9.26. The van der Waals surface area contributed by atoms with Crippen LogP contribution in [-0.4, -0.2) is 45.7 Å². The van der Waals surface area contributed by atoms with Gasteiger partial charge >= 0.3 is 0 Å². The molecule has 1 N–H and O–H groups in total. The van der Waals surface area contributed by atoms with Crippen LogP contribution in [0.4, 0.5) is 0 Å². The minimum Gasteiger partial charge on any atom is -0.333 e. The van der Waals surface area contributed by atoms with Gasteiger partial charge in [-0.1, -0.05) is 0 Å². The zero-order chi connectivity index (χ0) is 17.3. The number of thiazole rings is 1. The lowest BCUT2D eigenvalue weighted by Crippen LogP contribution is -2.33. The number of amides is 1. The second-order valence-electron chi connectivity index (χ2n) is 6.46. The monoisotopic (exact) mass is 347 g/mol. The number of hydrogen-bond donors (Lipinski definition) is 1. The van der Waals surface area contributed by atoms with Gasteiger partial charge in [0.05, 0.1) is 22.8 Å². The molecule has 0 aromatic carbocycles. The molecule has 1 saturated heterocycles. The molecule has 130 valence electrons. The Morgan fingerprint density at radius 1 is 1.50 bits per heavy atom. The summed E-state index contributed by atoms with van der Waals surface area (Å²) >= 11 is 1.65. The van der Waals surface area contributed by atoms with E-state index in [1.165, 1.54) is 0 Å². The van der Waals surface area contributed by atoms with Crippen molar-refractivity contribution in [1.82, 2.24) is 25.0 Å². The molecule has 3 heterocycles. The van der Waals surface area contributed by atoms with E-state index in [0.29, 0.717) is 11.7 Å². The largest absolute Gasteiger partial charge is 0.333 e. The standard InChI is InChI=1S/C17H25N5OS/c1-11-16(24-13(3)19-11)12(2)21(4)17(23)15-7-9-22(20-15)14-6-5-8-18-10-14/h7,9,12,14,18H,5-6,8,10H2,1-4H3. The summed E-state index contributed by atoms with van der Waals surface area (Å²) in [6, 6.07) is 2.16.